The van der Waals surface area contributed by atoms with Gasteiger partial charge in [-0.15, -0.1) is 0 Å². The number of hydrogen-bond donors (Lipinski definition) is 4. The Morgan fingerprint density at radius 3 is 2.59 bits per heavy atom. The molecule has 8 heteroatoms. The molecule has 27 heavy (non-hydrogen) atoms. The predicted molar refractivity (Wildman–Crippen MR) is 99.4 cm³/mol. The first-order valence-electron chi connectivity index (χ1n) is 9.13. The maximum atomic E-state index is 12.6. The van der Waals surface area contributed by atoms with E-state index >= 15 is 0 Å². The second-order valence-electron chi connectivity index (χ2n) is 7.05. The zero-order valence-electron chi connectivity index (χ0n) is 14.9. The van der Waals surface area contributed by atoms with Crippen molar-refractivity contribution in [3.05, 3.63) is 45.1 Å². The van der Waals surface area contributed by atoms with Gasteiger partial charge in [0.25, 0.3) is 5.56 Å². The molecule has 0 spiro atoms. The van der Waals surface area contributed by atoms with Gasteiger partial charge in [-0.2, -0.15) is 0 Å². The van der Waals surface area contributed by atoms with Crippen molar-refractivity contribution in [2.24, 2.45) is 4.99 Å². The average molecular weight is 370 g/mol. The van der Waals surface area contributed by atoms with E-state index < -0.39 is 0 Å². The lowest BCUT2D eigenvalue weighted by Crippen LogP contribution is -2.36. The van der Waals surface area contributed by atoms with E-state index in [0.29, 0.717) is 36.5 Å². The van der Waals surface area contributed by atoms with Crippen molar-refractivity contribution < 1.29 is 15.3 Å². The third kappa shape index (κ3) is 3.52. The second-order valence-corrected chi connectivity index (χ2v) is 7.05. The number of nitrogens with zero attached hydrogens (tertiary/aromatic N) is 3. The van der Waals surface area contributed by atoms with Crippen LogP contribution in [0.3, 0.4) is 0 Å². The van der Waals surface area contributed by atoms with E-state index in [-0.39, 0.29) is 29.4 Å². The molecule has 0 amide bonds. The number of aromatic nitrogens is 2. The molecule has 1 aromatic carbocycles. The number of phenols is 3. The summed E-state index contributed by atoms with van der Waals surface area (Å²) in [6.45, 7) is 2.08. The number of aromatic hydroxyl groups is 3. The summed E-state index contributed by atoms with van der Waals surface area (Å²) in [6, 6.07) is 2.39. The van der Waals surface area contributed by atoms with Crippen LogP contribution in [0.2, 0.25) is 0 Å². The van der Waals surface area contributed by atoms with Gasteiger partial charge in [-0.3, -0.25) is 14.7 Å². The first-order chi connectivity index (χ1) is 13.0. The topological polar surface area (TPSA) is 122 Å². The molecule has 8 nitrogen and oxygen atoms in total. The maximum absolute atomic E-state index is 12.6. The van der Waals surface area contributed by atoms with Crippen LogP contribution in [0.4, 0.5) is 0 Å². The van der Waals surface area contributed by atoms with Gasteiger partial charge in [-0.1, -0.05) is 0 Å². The summed E-state index contributed by atoms with van der Waals surface area (Å²) in [5.41, 5.74) is 2.44. The Hall–Kier alpha value is -2.87. The number of aliphatic imine (C=N–C) groups is 1. The van der Waals surface area contributed by atoms with E-state index in [1.54, 1.807) is 0 Å². The van der Waals surface area contributed by atoms with Gasteiger partial charge in [0.05, 0.1) is 17.0 Å². The first kappa shape index (κ1) is 17.5. The molecule has 2 aliphatic heterocycles. The molecule has 142 valence electrons. The Kier molecular flexibility index (Phi) is 4.57. The van der Waals surface area contributed by atoms with E-state index in [2.05, 4.69) is 15.0 Å². The SMILES string of the molecule is O=c1[nH]c(C2=NCCCC2)nc2c1CN(Cc1c(O)cc(O)cc1O)CC2. The number of aromatic amines is 1. The summed E-state index contributed by atoms with van der Waals surface area (Å²) < 4.78 is 0. The number of phenolic OH excluding ortho intramolecular Hbond substituents is 3. The smallest absolute Gasteiger partial charge is 0.255 e. The molecule has 1 aromatic heterocycles. The Labute approximate surface area is 155 Å². The van der Waals surface area contributed by atoms with E-state index in [4.69, 9.17) is 0 Å². The van der Waals surface area contributed by atoms with Crippen LogP contribution in [0.1, 0.15) is 41.9 Å². The highest BCUT2D eigenvalue weighted by Gasteiger charge is 2.24. The summed E-state index contributed by atoms with van der Waals surface area (Å²) in [5, 5.41) is 29.4. The van der Waals surface area contributed by atoms with Crippen molar-refractivity contribution in [1.29, 1.82) is 0 Å². The van der Waals surface area contributed by atoms with Gasteiger partial charge in [0.2, 0.25) is 0 Å². The van der Waals surface area contributed by atoms with Crippen LogP contribution in [0, 0.1) is 0 Å². The fraction of sp³-hybridized carbons (Fsp3) is 0.421. The molecule has 0 saturated carbocycles. The van der Waals surface area contributed by atoms with Crippen molar-refractivity contribution in [2.75, 3.05) is 13.1 Å². The lowest BCUT2D eigenvalue weighted by molar-refractivity contribution is 0.235. The Morgan fingerprint density at radius 1 is 1.11 bits per heavy atom. The molecule has 0 aliphatic carbocycles. The normalized spacial score (nSPS) is 17.4. The lowest BCUT2D eigenvalue weighted by atomic mass is 10.0. The van der Waals surface area contributed by atoms with Crippen LogP contribution in [0.15, 0.2) is 21.9 Å². The number of hydrogen-bond acceptors (Lipinski definition) is 7. The second kappa shape index (κ2) is 7.03. The summed E-state index contributed by atoms with van der Waals surface area (Å²) >= 11 is 0. The Bertz CT molecular complexity index is 944. The number of benzene rings is 1. The maximum Gasteiger partial charge on any atom is 0.255 e. The minimum Gasteiger partial charge on any atom is -0.508 e. The van der Waals surface area contributed by atoms with Crippen LogP contribution >= 0.6 is 0 Å². The molecule has 0 radical (unpaired) electrons. The van der Waals surface area contributed by atoms with Gasteiger partial charge in [0.15, 0.2) is 5.82 Å². The van der Waals surface area contributed by atoms with Crippen molar-refractivity contribution in [3.8, 4) is 17.2 Å². The van der Waals surface area contributed by atoms with E-state index in [1.165, 1.54) is 12.1 Å². The molecule has 0 bridgehead atoms. The summed E-state index contributed by atoms with van der Waals surface area (Å²) in [5.74, 6) is 0.0456. The van der Waals surface area contributed by atoms with Gasteiger partial charge in [-0.25, -0.2) is 4.98 Å². The molecule has 4 rings (SSSR count). The number of nitrogens with one attached hydrogen (secondary N) is 1. The number of fused-ring (bicyclic) bond motifs is 1. The fourth-order valence-corrected chi connectivity index (χ4v) is 3.66. The Balaban J connectivity index is 1.57. The predicted octanol–water partition coefficient (Wildman–Crippen LogP) is 1.42. The monoisotopic (exact) mass is 370 g/mol. The molecule has 4 N–H and O–H groups in total. The summed E-state index contributed by atoms with van der Waals surface area (Å²) in [4.78, 5) is 26.5. The zero-order valence-corrected chi connectivity index (χ0v) is 14.9. The molecule has 0 fully saturated rings. The van der Waals surface area contributed by atoms with Gasteiger partial charge in [0, 0.05) is 50.3 Å². The van der Waals surface area contributed by atoms with E-state index in [0.717, 1.165) is 37.2 Å². The largest absolute Gasteiger partial charge is 0.508 e. The molecular weight excluding hydrogens is 348 g/mol. The highest BCUT2D eigenvalue weighted by atomic mass is 16.3. The zero-order chi connectivity index (χ0) is 19.0. The van der Waals surface area contributed by atoms with Crippen molar-refractivity contribution >= 4 is 5.71 Å². The molecule has 3 heterocycles. The lowest BCUT2D eigenvalue weighted by Gasteiger charge is -2.28. The standard InChI is InChI=1S/C19H22N4O4/c24-11-7-16(25)13(17(26)8-11)10-23-6-4-14-12(9-23)19(27)22-18(21-14)15-3-1-2-5-20-15/h7-8,24-26H,1-6,9-10H2,(H,21,22,27). The number of H-pyrrole nitrogens is 1. The van der Waals surface area contributed by atoms with Gasteiger partial charge >= 0.3 is 0 Å². The van der Waals surface area contributed by atoms with Gasteiger partial charge < -0.3 is 20.3 Å². The third-order valence-corrected chi connectivity index (χ3v) is 5.11. The average Bonchev–Trinajstić information content (AvgIpc) is 2.65. The van der Waals surface area contributed by atoms with E-state index in [9.17, 15) is 20.1 Å². The highest BCUT2D eigenvalue weighted by Crippen LogP contribution is 2.33. The molecule has 0 unspecified atom stereocenters. The summed E-state index contributed by atoms with van der Waals surface area (Å²) in [7, 11) is 0. The third-order valence-electron chi connectivity index (χ3n) is 5.11. The van der Waals surface area contributed by atoms with Gasteiger partial charge in [-0.05, 0) is 19.3 Å². The summed E-state index contributed by atoms with van der Waals surface area (Å²) in [6.07, 6.45) is 3.59. The first-order valence-corrected chi connectivity index (χ1v) is 9.13. The van der Waals surface area contributed by atoms with Gasteiger partial charge in [0.1, 0.15) is 17.2 Å². The minimum absolute atomic E-state index is 0.160. The molecule has 0 atom stereocenters. The Morgan fingerprint density at radius 2 is 1.89 bits per heavy atom. The molecular formula is C19H22N4O4. The van der Waals surface area contributed by atoms with Crippen molar-refractivity contribution in [2.45, 2.75) is 38.8 Å². The van der Waals surface area contributed by atoms with Crippen LogP contribution in [-0.4, -0.2) is 49.0 Å². The van der Waals surface area contributed by atoms with Crippen molar-refractivity contribution in [1.82, 2.24) is 14.9 Å². The van der Waals surface area contributed by atoms with Crippen LogP contribution in [-0.2, 0) is 19.5 Å². The van der Waals surface area contributed by atoms with Crippen LogP contribution in [0.25, 0.3) is 0 Å². The van der Waals surface area contributed by atoms with Crippen molar-refractivity contribution in [3.63, 3.8) is 0 Å². The quantitative estimate of drug-likeness (QED) is 0.648. The number of rotatable bonds is 3. The van der Waals surface area contributed by atoms with Crippen LogP contribution < -0.4 is 5.56 Å². The highest BCUT2D eigenvalue weighted by molar-refractivity contribution is 5.97. The van der Waals surface area contributed by atoms with Crippen LogP contribution in [0.5, 0.6) is 17.2 Å². The molecule has 0 saturated heterocycles. The molecule has 2 aromatic rings. The fourth-order valence-electron chi connectivity index (χ4n) is 3.66. The molecule has 2 aliphatic rings. The minimum atomic E-state index is -0.198. The van der Waals surface area contributed by atoms with E-state index in [1.807, 2.05) is 4.90 Å².